The Morgan fingerprint density at radius 2 is 1.69 bits per heavy atom. The summed E-state index contributed by atoms with van der Waals surface area (Å²) in [6, 6.07) is 3.52. The molecule has 3 amide bonds. The van der Waals surface area contributed by atoms with Crippen molar-refractivity contribution in [2.75, 3.05) is 13.2 Å². The lowest BCUT2D eigenvalue weighted by atomic mass is 9.94. The topological polar surface area (TPSA) is 114 Å². The van der Waals surface area contributed by atoms with E-state index in [1.54, 1.807) is 34.6 Å². The maximum Gasteiger partial charge on any atom is 0.408 e. The van der Waals surface area contributed by atoms with Crippen LogP contribution in [0, 0.1) is 13.8 Å². The number of benzene rings is 1. The van der Waals surface area contributed by atoms with Crippen molar-refractivity contribution in [2.24, 2.45) is 0 Å². The van der Waals surface area contributed by atoms with Gasteiger partial charge in [-0.25, -0.2) is 4.79 Å². The molecular weight excluding hydrogens is 462 g/mol. The lowest BCUT2D eigenvalue weighted by molar-refractivity contribution is -0.145. The fourth-order valence-corrected chi connectivity index (χ4v) is 3.65. The van der Waals surface area contributed by atoms with Gasteiger partial charge < -0.3 is 25.0 Å². The van der Waals surface area contributed by atoms with Crippen LogP contribution in [0.3, 0.4) is 0 Å². The average Bonchev–Trinajstić information content (AvgIpc) is 2.77. The minimum Gasteiger partial charge on any atom is -0.466 e. The number of ether oxygens (including phenoxy) is 2. The van der Waals surface area contributed by atoms with Crippen LogP contribution < -0.4 is 10.6 Å². The summed E-state index contributed by atoms with van der Waals surface area (Å²) >= 11 is 0. The van der Waals surface area contributed by atoms with Crippen LogP contribution in [0.5, 0.6) is 0 Å². The van der Waals surface area contributed by atoms with E-state index in [1.165, 1.54) is 4.90 Å². The van der Waals surface area contributed by atoms with Crippen LogP contribution in [-0.4, -0.2) is 59.6 Å². The van der Waals surface area contributed by atoms with Crippen LogP contribution in [0.2, 0.25) is 0 Å². The van der Waals surface area contributed by atoms with E-state index in [0.717, 1.165) is 11.1 Å². The quantitative estimate of drug-likeness (QED) is 0.440. The third-order valence-corrected chi connectivity index (χ3v) is 5.61. The van der Waals surface area contributed by atoms with Gasteiger partial charge in [0.1, 0.15) is 17.7 Å². The minimum absolute atomic E-state index is 0.0208. The van der Waals surface area contributed by atoms with Crippen molar-refractivity contribution in [3.8, 4) is 0 Å². The molecule has 2 N–H and O–H groups in total. The molecule has 0 saturated heterocycles. The van der Waals surface area contributed by atoms with Crippen molar-refractivity contribution in [1.29, 1.82) is 0 Å². The fraction of sp³-hybridized carbons (Fsp3) is 0.630. The van der Waals surface area contributed by atoms with Crippen molar-refractivity contribution in [1.82, 2.24) is 15.5 Å². The van der Waals surface area contributed by atoms with Gasteiger partial charge in [-0.2, -0.15) is 0 Å². The molecule has 0 saturated carbocycles. The van der Waals surface area contributed by atoms with Crippen LogP contribution in [0.15, 0.2) is 18.2 Å². The second kappa shape index (κ2) is 13.8. The number of aryl methyl sites for hydroxylation is 2. The smallest absolute Gasteiger partial charge is 0.408 e. The van der Waals surface area contributed by atoms with Crippen molar-refractivity contribution in [3.63, 3.8) is 0 Å². The molecule has 9 heteroatoms. The third kappa shape index (κ3) is 9.51. The standard InChI is InChI=1S/C27H43N3O6/c1-10-19(5)30(25(33)20(6)29-26(34)36-27(7,8)9)23(21-16-17(3)12-13-18(21)4)24(32)28-15-14-22(31)35-11-2/h12-13,16,19-20,23H,10-11,14-15H2,1-9H3,(H,28,32)(H,29,34). The Labute approximate surface area is 215 Å². The summed E-state index contributed by atoms with van der Waals surface area (Å²) in [5.41, 5.74) is 1.75. The molecule has 3 atom stereocenters. The average molecular weight is 506 g/mol. The van der Waals surface area contributed by atoms with E-state index in [1.807, 2.05) is 45.9 Å². The maximum atomic E-state index is 13.7. The highest BCUT2D eigenvalue weighted by molar-refractivity contribution is 5.92. The molecule has 202 valence electrons. The second-order valence-electron chi connectivity index (χ2n) is 9.98. The number of alkyl carbamates (subject to hydrolysis) is 1. The van der Waals surface area contributed by atoms with Gasteiger partial charge in [-0.05, 0) is 72.9 Å². The normalized spacial score (nSPS) is 13.7. The molecule has 36 heavy (non-hydrogen) atoms. The first-order chi connectivity index (χ1) is 16.7. The van der Waals surface area contributed by atoms with E-state index in [2.05, 4.69) is 10.6 Å². The molecule has 0 radical (unpaired) electrons. The zero-order valence-electron chi connectivity index (χ0n) is 23.2. The highest BCUT2D eigenvalue weighted by Gasteiger charge is 2.37. The first-order valence-corrected chi connectivity index (χ1v) is 12.5. The molecule has 3 unspecified atom stereocenters. The molecule has 0 aliphatic carbocycles. The largest absolute Gasteiger partial charge is 0.466 e. The van der Waals surface area contributed by atoms with Gasteiger partial charge in [0.15, 0.2) is 0 Å². The van der Waals surface area contributed by atoms with Crippen molar-refractivity contribution in [3.05, 3.63) is 34.9 Å². The van der Waals surface area contributed by atoms with Crippen LogP contribution in [0.4, 0.5) is 4.79 Å². The molecular formula is C27H43N3O6. The first kappa shape index (κ1) is 30.9. The molecule has 1 aromatic carbocycles. The lowest BCUT2D eigenvalue weighted by Gasteiger charge is -2.38. The van der Waals surface area contributed by atoms with E-state index in [-0.39, 0.29) is 25.6 Å². The Balaban J connectivity index is 3.36. The van der Waals surface area contributed by atoms with Crippen LogP contribution in [-0.2, 0) is 23.9 Å². The summed E-state index contributed by atoms with van der Waals surface area (Å²) in [7, 11) is 0. The highest BCUT2D eigenvalue weighted by atomic mass is 16.6. The number of hydrogen-bond donors (Lipinski definition) is 2. The van der Waals surface area contributed by atoms with Gasteiger partial charge in [0.2, 0.25) is 11.8 Å². The third-order valence-electron chi connectivity index (χ3n) is 5.61. The molecule has 0 bridgehead atoms. The highest BCUT2D eigenvalue weighted by Crippen LogP contribution is 2.29. The van der Waals surface area contributed by atoms with Gasteiger partial charge in [0.05, 0.1) is 13.0 Å². The van der Waals surface area contributed by atoms with Gasteiger partial charge in [0, 0.05) is 12.6 Å². The van der Waals surface area contributed by atoms with Gasteiger partial charge in [-0.1, -0.05) is 30.7 Å². The summed E-state index contributed by atoms with van der Waals surface area (Å²) in [5.74, 6) is -1.24. The zero-order valence-corrected chi connectivity index (χ0v) is 23.2. The van der Waals surface area contributed by atoms with Crippen molar-refractivity contribution < 1.29 is 28.7 Å². The number of nitrogens with one attached hydrogen (secondary N) is 2. The molecule has 1 aromatic rings. The van der Waals surface area contributed by atoms with Gasteiger partial charge in [-0.3, -0.25) is 14.4 Å². The Bertz CT molecular complexity index is 925. The van der Waals surface area contributed by atoms with E-state index in [4.69, 9.17) is 9.47 Å². The summed E-state index contributed by atoms with van der Waals surface area (Å²) in [6.07, 6.45) is -0.107. The minimum atomic E-state index is -0.961. The summed E-state index contributed by atoms with van der Waals surface area (Å²) < 4.78 is 10.2. The van der Waals surface area contributed by atoms with Gasteiger partial charge in [0.25, 0.3) is 0 Å². The summed E-state index contributed by atoms with van der Waals surface area (Å²) in [5, 5.41) is 5.39. The molecule has 9 nitrogen and oxygen atoms in total. The molecule has 0 aromatic heterocycles. The van der Waals surface area contributed by atoms with E-state index >= 15 is 0 Å². The SMILES string of the molecule is CCOC(=O)CCNC(=O)C(c1cc(C)ccc1C)N(C(=O)C(C)NC(=O)OC(C)(C)C)C(C)CC. The van der Waals surface area contributed by atoms with Crippen molar-refractivity contribution in [2.45, 2.75) is 98.9 Å². The number of carbonyl (C=O) groups is 4. The van der Waals surface area contributed by atoms with Crippen LogP contribution in [0.25, 0.3) is 0 Å². The van der Waals surface area contributed by atoms with Gasteiger partial charge >= 0.3 is 12.1 Å². The Morgan fingerprint density at radius 3 is 2.25 bits per heavy atom. The molecule has 0 fully saturated rings. The van der Waals surface area contributed by atoms with Crippen LogP contribution >= 0.6 is 0 Å². The molecule has 1 rings (SSSR count). The van der Waals surface area contributed by atoms with Crippen molar-refractivity contribution >= 4 is 23.9 Å². The van der Waals surface area contributed by atoms with E-state index in [0.29, 0.717) is 12.0 Å². The number of carbonyl (C=O) groups excluding carboxylic acids is 4. The lowest BCUT2D eigenvalue weighted by Crippen LogP contribution is -2.54. The number of esters is 1. The number of hydrogen-bond acceptors (Lipinski definition) is 6. The zero-order chi connectivity index (χ0) is 27.6. The van der Waals surface area contributed by atoms with E-state index in [9.17, 15) is 19.2 Å². The van der Waals surface area contributed by atoms with Crippen LogP contribution in [0.1, 0.15) is 84.0 Å². The van der Waals surface area contributed by atoms with Gasteiger partial charge in [-0.15, -0.1) is 0 Å². The summed E-state index contributed by atoms with van der Waals surface area (Å²) in [4.78, 5) is 52.9. The second-order valence-corrected chi connectivity index (χ2v) is 9.98. The Morgan fingerprint density at radius 1 is 1.06 bits per heavy atom. The number of rotatable bonds is 11. The number of nitrogens with zero attached hydrogens (tertiary/aromatic N) is 1. The molecule has 0 aliphatic heterocycles. The van der Waals surface area contributed by atoms with E-state index < -0.39 is 41.6 Å². The molecule has 0 aliphatic rings. The first-order valence-electron chi connectivity index (χ1n) is 12.5. The number of amides is 3. The predicted octanol–water partition coefficient (Wildman–Crippen LogP) is 3.95. The monoisotopic (exact) mass is 505 g/mol. The fourth-order valence-electron chi connectivity index (χ4n) is 3.65. The Kier molecular flexibility index (Phi) is 11.9. The molecule has 0 heterocycles. The molecule has 0 spiro atoms. The Hall–Kier alpha value is -3.10. The maximum absolute atomic E-state index is 13.7. The summed E-state index contributed by atoms with van der Waals surface area (Å²) in [6.45, 7) is 16.4. The predicted molar refractivity (Wildman–Crippen MR) is 138 cm³/mol.